The molecular weight excluding hydrogens is 244 g/mol. The molecule has 1 aliphatic heterocycles. The van der Waals surface area contributed by atoms with E-state index in [0.29, 0.717) is 6.54 Å². The van der Waals surface area contributed by atoms with Gasteiger partial charge in [-0.25, -0.2) is 0 Å². The molecule has 1 fully saturated rings. The molecule has 1 aromatic rings. The van der Waals surface area contributed by atoms with Crippen molar-refractivity contribution >= 4 is 5.91 Å². The first-order valence-electron chi connectivity index (χ1n) is 6.35. The number of carbonyl (C=O) groups is 1. The average Bonchev–Trinajstić information content (AvgIpc) is 2.34. The number of hydrogen-bond acceptors (Lipinski definition) is 4. The summed E-state index contributed by atoms with van der Waals surface area (Å²) in [7, 11) is 3.26. The van der Waals surface area contributed by atoms with Gasteiger partial charge in [-0.2, -0.15) is 0 Å². The molecule has 1 aliphatic rings. The van der Waals surface area contributed by atoms with E-state index in [9.17, 15) is 4.79 Å². The first-order valence-corrected chi connectivity index (χ1v) is 6.35. The largest absolute Gasteiger partial charge is 0.496 e. The molecule has 0 bridgehead atoms. The van der Waals surface area contributed by atoms with E-state index in [0.717, 1.165) is 35.7 Å². The van der Waals surface area contributed by atoms with Crippen LogP contribution in [0.1, 0.15) is 11.1 Å². The average molecular weight is 264 g/mol. The van der Waals surface area contributed by atoms with Gasteiger partial charge in [0.25, 0.3) is 0 Å². The molecule has 5 heteroatoms. The molecule has 1 amide bonds. The molecule has 0 unspecified atom stereocenters. The monoisotopic (exact) mass is 264 g/mol. The summed E-state index contributed by atoms with van der Waals surface area (Å²) in [4.78, 5) is 11.8. The van der Waals surface area contributed by atoms with E-state index in [1.165, 1.54) is 0 Å². The highest BCUT2D eigenvalue weighted by Crippen LogP contribution is 2.28. The SMILES string of the molecule is COc1cc(CNC(=O)C2CNC2)c(OC)cc1C. The van der Waals surface area contributed by atoms with Crippen molar-refractivity contribution in [1.29, 1.82) is 0 Å². The predicted octanol–water partition coefficient (Wildman–Crippen LogP) is 0.848. The highest BCUT2D eigenvalue weighted by atomic mass is 16.5. The zero-order valence-electron chi connectivity index (χ0n) is 11.6. The smallest absolute Gasteiger partial charge is 0.225 e. The second kappa shape index (κ2) is 5.93. The third-order valence-corrected chi connectivity index (χ3v) is 3.40. The van der Waals surface area contributed by atoms with E-state index in [1.807, 2.05) is 19.1 Å². The second-order valence-electron chi connectivity index (χ2n) is 4.71. The number of nitrogens with one attached hydrogen (secondary N) is 2. The van der Waals surface area contributed by atoms with E-state index < -0.39 is 0 Å². The molecule has 0 spiro atoms. The normalized spacial score (nSPS) is 14.7. The number of carbonyl (C=O) groups excluding carboxylic acids is 1. The van der Waals surface area contributed by atoms with Gasteiger partial charge in [0.1, 0.15) is 11.5 Å². The maximum Gasteiger partial charge on any atom is 0.225 e. The fourth-order valence-corrected chi connectivity index (χ4v) is 2.05. The standard InChI is InChI=1S/C14H20N2O3/c1-9-4-13(19-3)10(5-12(9)18-2)8-16-14(17)11-6-15-7-11/h4-5,11,15H,6-8H2,1-3H3,(H,16,17). The minimum atomic E-state index is 0.0837. The lowest BCUT2D eigenvalue weighted by Crippen LogP contribution is -2.50. The van der Waals surface area contributed by atoms with Gasteiger partial charge in [0, 0.05) is 25.2 Å². The van der Waals surface area contributed by atoms with Gasteiger partial charge in [-0.05, 0) is 24.6 Å². The molecule has 0 aliphatic carbocycles. The third-order valence-electron chi connectivity index (χ3n) is 3.40. The Bertz CT molecular complexity index is 470. The molecule has 19 heavy (non-hydrogen) atoms. The third kappa shape index (κ3) is 2.98. The zero-order chi connectivity index (χ0) is 13.8. The summed E-state index contributed by atoms with van der Waals surface area (Å²) in [5, 5.41) is 6.01. The van der Waals surface area contributed by atoms with Crippen LogP contribution >= 0.6 is 0 Å². The molecule has 0 radical (unpaired) electrons. The minimum absolute atomic E-state index is 0.0837. The van der Waals surface area contributed by atoms with Gasteiger partial charge in [-0.15, -0.1) is 0 Å². The number of amides is 1. The van der Waals surface area contributed by atoms with Crippen LogP contribution < -0.4 is 20.1 Å². The lowest BCUT2D eigenvalue weighted by Gasteiger charge is -2.26. The molecule has 5 nitrogen and oxygen atoms in total. The summed E-state index contributed by atoms with van der Waals surface area (Å²) in [6, 6.07) is 3.83. The number of rotatable bonds is 5. The van der Waals surface area contributed by atoms with Crippen LogP contribution in [0.2, 0.25) is 0 Å². The highest BCUT2D eigenvalue weighted by Gasteiger charge is 2.24. The Morgan fingerprint density at radius 1 is 1.32 bits per heavy atom. The number of hydrogen-bond donors (Lipinski definition) is 2. The van der Waals surface area contributed by atoms with Crippen molar-refractivity contribution in [3.05, 3.63) is 23.3 Å². The lowest BCUT2D eigenvalue weighted by atomic mass is 10.0. The zero-order valence-corrected chi connectivity index (χ0v) is 11.6. The molecule has 0 saturated carbocycles. The molecule has 2 N–H and O–H groups in total. The molecule has 1 aromatic carbocycles. The molecule has 0 atom stereocenters. The second-order valence-corrected chi connectivity index (χ2v) is 4.71. The van der Waals surface area contributed by atoms with Crippen molar-refractivity contribution in [3.63, 3.8) is 0 Å². The van der Waals surface area contributed by atoms with Crippen molar-refractivity contribution in [1.82, 2.24) is 10.6 Å². The Hall–Kier alpha value is -1.75. The van der Waals surface area contributed by atoms with Crippen LogP contribution in [-0.4, -0.2) is 33.2 Å². The van der Waals surface area contributed by atoms with E-state index >= 15 is 0 Å². The predicted molar refractivity (Wildman–Crippen MR) is 72.5 cm³/mol. The maximum atomic E-state index is 11.8. The van der Waals surface area contributed by atoms with Crippen LogP contribution in [-0.2, 0) is 11.3 Å². The molecule has 2 rings (SSSR count). The number of benzene rings is 1. The van der Waals surface area contributed by atoms with Crippen LogP contribution in [0.15, 0.2) is 12.1 Å². The van der Waals surface area contributed by atoms with Crippen LogP contribution in [0.4, 0.5) is 0 Å². The number of ether oxygens (including phenoxy) is 2. The number of methoxy groups -OCH3 is 2. The number of aryl methyl sites for hydroxylation is 1. The first kappa shape index (κ1) is 13.7. The van der Waals surface area contributed by atoms with Crippen LogP contribution in [0.5, 0.6) is 11.5 Å². The van der Waals surface area contributed by atoms with Crippen molar-refractivity contribution < 1.29 is 14.3 Å². The highest BCUT2D eigenvalue weighted by molar-refractivity contribution is 5.80. The van der Waals surface area contributed by atoms with Crippen LogP contribution in [0.25, 0.3) is 0 Å². The Kier molecular flexibility index (Phi) is 4.27. The van der Waals surface area contributed by atoms with Crippen LogP contribution in [0.3, 0.4) is 0 Å². The minimum Gasteiger partial charge on any atom is -0.496 e. The van der Waals surface area contributed by atoms with Crippen molar-refractivity contribution in [3.8, 4) is 11.5 Å². The molecule has 1 heterocycles. The van der Waals surface area contributed by atoms with Gasteiger partial charge >= 0.3 is 0 Å². The fourth-order valence-electron chi connectivity index (χ4n) is 2.05. The summed E-state index contributed by atoms with van der Waals surface area (Å²) in [5.74, 6) is 1.75. The van der Waals surface area contributed by atoms with Crippen molar-refractivity contribution in [2.45, 2.75) is 13.5 Å². The summed E-state index contributed by atoms with van der Waals surface area (Å²) in [6.45, 7) is 3.94. The maximum absolute atomic E-state index is 11.8. The lowest BCUT2D eigenvalue weighted by molar-refractivity contribution is -0.126. The molecular formula is C14H20N2O3. The van der Waals surface area contributed by atoms with Crippen LogP contribution in [0, 0.1) is 12.8 Å². The Morgan fingerprint density at radius 3 is 2.53 bits per heavy atom. The quantitative estimate of drug-likeness (QED) is 0.827. The Morgan fingerprint density at radius 2 is 2.00 bits per heavy atom. The first-order chi connectivity index (χ1) is 9.15. The van der Waals surface area contributed by atoms with Crippen molar-refractivity contribution in [2.24, 2.45) is 5.92 Å². The Balaban J connectivity index is 2.07. The molecule has 1 saturated heterocycles. The molecule has 0 aromatic heterocycles. The van der Waals surface area contributed by atoms with Crippen molar-refractivity contribution in [2.75, 3.05) is 27.3 Å². The van der Waals surface area contributed by atoms with E-state index in [1.54, 1.807) is 14.2 Å². The Labute approximate surface area is 113 Å². The topological polar surface area (TPSA) is 59.6 Å². The van der Waals surface area contributed by atoms with Gasteiger partial charge < -0.3 is 20.1 Å². The van der Waals surface area contributed by atoms with Gasteiger partial charge in [0.05, 0.1) is 20.1 Å². The van der Waals surface area contributed by atoms with Gasteiger partial charge in [0.2, 0.25) is 5.91 Å². The van der Waals surface area contributed by atoms with E-state index in [2.05, 4.69) is 10.6 Å². The van der Waals surface area contributed by atoms with Gasteiger partial charge in [-0.3, -0.25) is 4.79 Å². The summed E-state index contributed by atoms with van der Waals surface area (Å²) in [5.41, 5.74) is 1.93. The van der Waals surface area contributed by atoms with E-state index in [4.69, 9.17) is 9.47 Å². The fraction of sp³-hybridized carbons (Fsp3) is 0.500. The summed E-state index contributed by atoms with van der Waals surface area (Å²) in [6.07, 6.45) is 0. The summed E-state index contributed by atoms with van der Waals surface area (Å²) < 4.78 is 10.6. The van der Waals surface area contributed by atoms with E-state index in [-0.39, 0.29) is 11.8 Å². The van der Waals surface area contributed by atoms with Gasteiger partial charge in [0.15, 0.2) is 0 Å². The molecule has 104 valence electrons. The van der Waals surface area contributed by atoms with Gasteiger partial charge in [-0.1, -0.05) is 0 Å². The summed E-state index contributed by atoms with van der Waals surface area (Å²) >= 11 is 0.